The Balaban J connectivity index is 1.72. The highest BCUT2D eigenvalue weighted by molar-refractivity contribution is 5.85. The van der Waals surface area contributed by atoms with E-state index in [4.69, 9.17) is 13.9 Å². The Kier molecular flexibility index (Phi) is 3.62. The van der Waals surface area contributed by atoms with E-state index in [1.165, 1.54) is 0 Å². The lowest BCUT2D eigenvalue weighted by Gasteiger charge is -2.30. The molecule has 1 aromatic carbocycles. The first-order valence-corrected chi connectivity index (χ1v) is 8.16. The van der Waals surface area contributed by atoms with Crippen LogP contribution in [0, 0.1) is 13.8 Å². The molecule has 0 bridgehead atoms. The Labute approximate surface area is 134 Å². The number of aryl methyl sites for hydroxylation is 1. The van der Waals surface area contributed by atoms with Gasteiger partial charge in [0.05, 0.1) is 11.7 Å². The topological polar surface area (TPSA) is 51.9 Å². The molecule has 1 saturated heterocycles. The summed E-state index contributed by atoms with van der Waals surface area (Å²) in [5.41, 5.74) is 3.01. The molecule has 122 valence electrons. The van der Waals surface area contributed by atoms with Gasteiger partial charge in [0, 0.05) is 30.6 Å². The second-order valence-corrected chi connectivity index (χ2v) is 6.48. The summed E-state index contributed by atoms with van der Waals surface area (Å²) in [5, 5.41) is 0.989. The van der Waals surface area contributed by atoms with Gasteiger partial charge in [-0.3, -0.25) is 4.90 Å². The summed E-state index contributed by atoms with van der Waals surface area (Å²) < 4.78 is 17.2. The summed E-state index contributed by atoms with van der Waals surface area (Å²) in [6, 6.07) is 3.96. The normalized spacial score (nSPS) is 21.4. The smallest absolute Gasteiger partial charge is 0.339 e. The van der Waals surface area contributed by atoms with Gasteiger partial charge in [-0.2, -0.15) is 0 Å². The molecular formula is C18H21NO4. The van der Waals surface area contributed by atoms with Gasteiger partial charge in [0.15, 0.2) is 0 Å². The van der Waals surface area contributed by atoms with E-state index in [9.17, 15) is 4.79 Å². The minimum atomic E-state index is -0.264. The fourth-order valence-electron chi connectivity index (χ4n) is 3.45. The lowest BCUT2D eigenvalue weighted by atomic mass is 10.0. The maximum absolute atomic E-state index is 12.1. The Bertz CT molecular complexity index is 805. The molecule has 0 saturated carbocycles. The van der Waals surface area contributed by atoms with Gasteiger partial charge >= 0.3 is 5.63 Å². The van der Waals surface area contributed by atoms with Gasteiger partial charge in [0.2, 0.25) is 0 Å². The number of fused-ring (bicyclic) bond motifs is 3. The quantitative estimate of drug-likeness (QED) is 0.798. The van der Waals surface area contributed by atoms with Gasteiger partial charge in [0.1, 0.15) is 18.1 Å². The van der Waals surface area contributed by atoms with Crippen LogP contribution in [0.2, 0.25) is 0 Å². The van der Waals surface area contributed by atoms with Crippen molar-refractivity contribution >= 4 is 11.0 Å². The van der Waals surface area contributed by atoms with Crippen molar-refractivity contribution in [3.63, 3.8) is 0 Å². The van der Waals surface area contributed by atoms with E-state index in [2.05, 4.69) is 4.90 Å². The Morgan fingerprint density at radius 2 is 2.13 bits per heavy atom. The van der Waals surface area contributed by atoms with E-state index >= 15 is 0 Å². The molecule has 23 heavy (non-hydrogen) atoms. The second-order valence-electron chi connectivity index (χ2n) is 6.48. The molecule has 0 amide bonds. The minimum absolute atomic E-state index is 0.264. The number of benzene rings is 1. The third-order valence-corrected chi connectivity index (χ3v) is 4.96. The van der Waals surface area contributed by atoms with Crippen molar-refractivity contribution in [2.75, 3.05) is 19.9 Å². The molecule has 2 aromatic rings. The van der Waals surface area contributed by atoms with Crippen LogP contribution in [0.1, 0.15) is 29.5 Å². The van der Waals surface area contributed by atoms with Crippen LogP contribution in [0.5, 0.6) is 5.75 Å². The number of ether oxygens (including phenoxy) is 2. The summed E-state index contributed by atoms with van der Waals surface area (Å²) in [5.74, 6) is 0.812. The monoisotopic (exact) mass is 315 g/mol. The largest absolute Gasteiger partial charge is 0.478 e. The van der Waals surface area contributed by atoms with Gasteiger partial charge in [-0.05, 0) is 44.4 Å². The van der Waals surface area contributed by atoms with Crippen molar-refractivity contribution in [2.24, 2.45) is 0 Å². The van der Waals surface area contributed by atoms with E-state index in [0.29, 0.717) is 17.9 Å². The van der Waals surface area contributed by atoms with Gasteiger partial charge in [0.25, 0.3) is 0 Å². The molecule has 5 nitrogen and oxygen atoms in total. The van der Waals surface area contributed by atoms with Crippen LogP contribution in [0.3, 0.4) is 0 Å². The molecule has 0 radical (unpaired) electrons. The molecule has 0 spiro atoms. The molecule has 0 N–H and O–H groups in total. The summed E-state index contributed by atoms with van der Waals surface area (Å²) >= 11 is 0. The van der Waals surface area contributed by atoms with Gasteiger partial charge in [-0.15, -0.1) is 0 Å². The van der Waals surface area contributed by atoms with Crippen LogP contribution >= 0.6 is 0 Å². The first kappa shape index (κ1) is 14.7. The maximum atomic E-state index is 12.1. The molecule has 2 aliphatic rings. The van der Waals surface area contributed by atoms with E-state index in [1.54, 1.807) is 6.92 Å². The Morgan fingerprint density at radius 1 is 1.26 bits per heavy atom. The van der Waals surface area contributed by atoms with Crippen LogP contribution in [0.4, 0.5) is 0 Å². The molecule has 2 aliphatic heterocycles. The molecule has 0 unspecified atom stereocenters. The van der Waals surface area contributed by atoms with Crippen LogP contribution < -0.4 is 10.4 Å². The van der Waals surface area contributed by atoms with Gasteiger partial charge < -0.3 is 13.9 Å². The van der Waals surface area contributed by atoms with Crippen molar-refractivity contribution in [3.8, 4) is 5.75 Å². The van der Waals surface area contributed by atoms with Crippen LogP contribution in [-0.2, 0) is 11.3 Å². The van der Waals surface area contributed by atoms with Gasteiger partial charge in [-0.25, -0.2) is 4.79 Å². The SMILES string of the molecule is Cc1c(C)c2ccc3c(c2oc1=O)CN(C[C@@H]1CCCO1)CO3. The second kappa shape index (κ2) is 5.65. The lowest BCUT2D eigenvalue weighted by Crippen LogP contribution is -2.37. The average Bonchev–Trinajstić information content (AvgIpc) is 3.05. The number of rotatable bonds is 2. The van der Waals surface area contributed by atoms with E-state index < -0.39 is 0 Å². The molecule has 4 rings (SSSR count). The molecule has 1 atom stereocenters. The van der Waals surface area contributed by atoms with E-state index in [1.807, 2.05) is 19.1 Å². The summed E-state index contributed by atoms with van der Waals surface area (Å²) in [7, 11) is 0. The molecular weight excluding hydrogens is 294 g/mol. The predicted molar refractivity (Wildman–Crippen MR) is 86.8 cm³/mol. The standard InChI is InChI=1S/C18H21NO4/c1-11-12(2)18(20)23-17-14(11)5-6-16-15(17)9-19(10-22-16)8-13-4-3-7-21-13/h5-6,13H,3-4,7-10H2,1-2H3/t13-/m0/s1. The summed E-state index contributed by atoms with van der Waals surface area (Å²) in [6.07, 6.45) is 2.52. The third-order valence-electron chi connectivity index (χ3n) is 4.96. The zero-order chi connectivity index (χ0) is 16.0. The summed E-state index contributed by atoms with van der Waals surface area (Å²) in [4.78, 5) is 14.3. The Hall–Kier alpha value is -1.85. The highest BCUT2D eigenvalue weighted by Crippen LogP contribution is 2.33. The first-order chi connectivity index (χ1) is 11.1. The molecule has 0 aliphatic carbocycles. The fraction of sp³-hybridized carbons (Fsp3) is 0.500. The fourth-order valence-corrected chi connectivity index (χ4v) is 3.45. The lowest BCUT2D eigenvalue weighted by molar-refractivity contribution is 0.0281. The number of nitrogens with zero attached hydrogens (tertiary/aromatic N) is 1. The minimum Gasteiger partial charge on any atom is -0.478 e. The Morgan fingerprint density at radius 3 is 2.91 bits per heavy atom. The third kappa shape index (κ3) is 2.54. The molecule has 5 heteroatoms. The predicted octanol–water partition coefficient (Wildman–Crippen LogP) is 2.74. The highest BCUT2D eigenvalue weighted by Gasteiger charge is 2.26. The highest BCUT2D eigenvalue weighted by atomic mass is 16.5. The average molecular weight is 315 g/mol. The maximum Gasteiger partial charge on any atom is 0.339 e. The van der Waals surface area contributed by atoms with Crippen molar-refractivity contribution in [2.45, 2.75) is 39.3 Å². The van der Waals surface area contributed by atoms with Crippen molar-refractivity contribution in [1.29, 1.82) is 0 Å². The van der Waals surface area contributed by atoms with E-state index in [-0.39, 0.29) is 11.7 Å². The molecule has 1 fully saturated rings. The van der Waals surface area contributed by atoms with Crippen LogP contribution in [0.25, 0.3) is 11.0 Å². The number of hydrogen-bond acceptors (Lipinski definition) is 5. The van der Waals surface area contributed by atoms with Crippen molar-refractivity contribution in [1.82, 2.24) is 4.90 Å². The summed E-state index contributed by atoms with van der Waals surface area (Å²) in [6.45, 7) is 6.75. The van der Waals surface area contributed by atoms with Crippen LogP contribution in [0.15, 0.2) is 21.3 Å². The van der Waals surface area contributed by atoms with Crippen LogP contribution in [-0.4, -0.2) is 30.9 Å². The van der Waals surface area contributed by atoms with Gasteiger partial charge in [-0.1, -0.05) is 0 Å². The zero-order valence-electron chi connectivity index (χ0n) is 13.6. The van der Waals surface area contributed by atoms with Crippen molar-refractivity contribution < 1.29 is 13.9 Å². The molecule has 1 aromatic heterocycles. The van der Waals surface area contributed by atoms with Crippen molar-refractivity contribution in [3.05, 3.63) is 39.2 Å². The number of hydrogen-bond donors (Lipinski definition) is 0. The molecule has 3 heterocycles. The van der Waals surface area contributed by atoms with E-state index in [0.717, 1.165) is 54.8 Å². The zero-order valence-corrected chi connectivity index (χ0v) is 13.6. The first-order valence-electron chi connectivity index (χ1n) is 8.16.